The van der Waals surface area contributed by atoms with Crippen molar-refractivity contribution in [1.29, 1.82) is 0 Å². The van der Waals surface area contributed by atoms with Crippen LogP contribution in [-0.4, -0.2) is 26.1 Å². The van der Waals surface area contributed by atoms with E-state index in [2.05, 4.69) is 0 Å². The Morgan fingerprint density at radius 3 is 2.41 bits per heavy atom. The van der Waals surface area contributed by atoms with Gasteiger partial charge >= 0.3 is 0 Å². The van der Waals surface area contributed by atoms with Crippen LogP contribution in [0, 0.1) is 0 Å². The van der Waals surface area contributed by atoms with Crippen LogP contribution in [0.5, 0.6) is 17.2 Å². The summed E-state index contributed by atoms with van der Waals surface area (Å²) >= 11 is 0. The maximum Gasteiger partial charge on any atom is 0.203 e. The lowest BCUT2D eigenvalue weighted by Gasteiger charge is -2.15. The molecule has 2 aromatic carbocycles. The van der Waals surface area contributed by atoms with E-state index in [1.165, 1.54) is 7.11 Å². The number of Topliss-reactive ketones (excluding diaryl/α,β-unsaturated/α-hetero) is 1. The lowest BCUT2D eigenvalue weighted by molar-refractivity contribution is 0.0818. The van der Waals surface area contributed by atoms with Crippen LogP contribution in [0.15, 0.2) is 42.5 Å². The molecule has 0 saturated heterocycles. The average molecular weight is 301 g/mol. The van der Waals surface area contributed by atoms with Crippen LogP contribution in [0.3, 0.4) is 0 Å². The molecule has 0 fully saturated rings. The zero-order chi connectivity index (χ0) is 16.1. The highest BCUT2D eigenvalue weighted by Gasteiger charge is 2.19. The molecule has 0 saturated carbocycles. The Morgan fingerprint density at radius 2 is 1.77 bits per heavy atom. The van der Waals surface area contributed by atoms with Crippen LogP contribution in [-0.2, 0) is 0 Å². The van der Waals surface area contributed by atoms with E-state index in [0.29, 0.717) is 28.5 Å². The number of ether oxygens (including phenoxy) is 3. The van der Waals surface area contributed by atoms with Crippen molar-refractivity contribution in [2.45, 2.75) is 13.0 Å². The molecule has 1 unspecified atom stereocenters. The molecule has 22 heavy (non-hydrogen) atoms. The molecular formula is C17H19NO4. The van der Waals surface area contributed by atoms with Gasteiger partial charge in [-0.25, -0.2) is 0 Å². The molecule has 5 heteroatoms. The van der Waals surface area contributed by atoms with Gasteiger partial charge in [0.25, 0.3) is 0 Å². The average Bonchev–Trinajstić information content (AvgIpc) is 2.53. The lowest BCUT2D eigenvalue weighted by Crippen LogP contribution is -2.24. The summed E-state index contributed by atoms with van der Waals surface area (Å²) in [5.41, 5.74) is 6.78. The maximum atomic E-state index is 12.4. The summed E-state index contributed by atoms with van der Waals surface area (Å²) in [4.78, 5) is 12.4. The van der Waals surface area contributed by atoms with Crippen molar-refractivity contribution in [2.75, 3.05) is 20.0 Å². The lowest BCUT2D eigenvalue weighted by atomic mass is 10.1. The molecule has 2 N–H and O–H groups in total. The Hall–Kier alpha value is -2.69. The van der Waals surface area contributed by atoms with Crippen molar-refractivity contribution < 1.29 is 19.0 Å². The van der Waals surface area contributed by atoms with Gasteiger partial charge in [0.1, 0.15) is 5.75 Å². The Labute approximate surface area is 129 Å². The predicted molar refractivity (Wildman–Crippen MR) is 84.8 cm³/mol. The molecule has 0 aliphatic carbocycles. The number of rotatable bonds is 6. The molecular weight excluding hydrogens is 282 g/mol. The van der Waals surface area contributed by atoms with E-state index >= 15 is 0 Å². The Kier molecular flexibility index (Phi) is 4.88. The number of carbonyl (C=O) groups is 1. The minimum atomic E-state index is -0.639. The van der Waals surface area contributed by atoms with Crippen molar-refractivity contribution in [3.63, 3.8) is 0 Å². The molecule has 0 spiro atoms. The van der Waals surface area contributed by atoms with Gasteiger partial charge in [0.2, 0.25) is 5.78 Å². The molecule has 1 atom stereocenters. The number of carbonyl (C=O) groups excluding carboxylic acids is 1. The summed E-state index contributed by atoms with van der Waals surface area (Å²) < 4.78 is 16.0. The first-order valence-corrected chi connectivity index (χ1v) is 6.83. The van der Waals surface area contributed by atoms with Crippen molar-refractivity contribution in [1.82, 2.24) is 0 Å². The van der Waals surface area contributed by atoms with E-state index in [-0.39, 0.29) is 5.78 Å². The number of ketones is 1. The largest absolute Gasteiger partial charge is 0.493 e. The minimum absolute atomic E-state index is 0.150. The Morgan fingerprint density at radius 1 is 1.05 bits per heavy atom. The number of benzene rings is 2. The molecule has 0 aliphatic rings. The first-order chi connectivity index (χ1) is 10.5. The molecule has 0 amide bonds. The molecule has 0 heterocycles. The monoisotopic (exact) mass is 301 g/mol. The van der Waals surface area contributed by atoms with E-state index in [0.717, 1.165) is 0 Å². The highest BCUT2D eigenvalue weighted by Crippen LogP contribution is 2.28. The summed E-state index contributed by atoms with van der Waals surface area (Å²) in [7, 11) is 3.07. The van der Waals surface area contributed by atoms with Crippen LogP contribution in [0.25, 0.3) is 0 Å². The zero-order valence-corrected chi connectivity index (χ0v) is 12.8. The third-order valence-corrected chi connectivity index (χ3v) is 3.21. The number of nitrogens with two attached hydrogens (primary N) is 1. The van der Waals surface area contributed by atoms with Crippen molar-refractivity contribution >= 4 is 11.5 Å². The highest BCUT2D eigenvalue weighted by atomic mass is 16.5. The highest BCUT2D eigenvalue weighted by molar-refractivity contribution is 6.00. The molecule has 5 nitrogen and oxygen atoms in total. The van der Waals surface area contributed by atoms with Crippen LogP contribution < -0.4 is 19.9 Å². The maximum absolute atomic E-state index is 12.4. The summed E-state index contributed by atoms with van der Waals surface area (Å²) in [6.07, 6.45) is -0.639. The number of hydrogen-bond acceptors (Lipinski definition) is 5. The van der Waals surface area contributed by atoms with Crippen molar-refractivity contribution in [3.05, 3.63) is 48.0 Å². The zero-order valence-electron chi connectivity index (χ0n) is 12.8. The van der Waals surface area contributed by atoms with Gasteiger partial charge in [0.15, 0.2) is 17.6 Å². The molecule has 2 aromatic rings. The molecule has 0 bridgehead atoms. The van der Waals surface area contributed by atoms with Gasteiger partial charge in [0.05, 0.1) is 14.2 Å². The van der Waals surface area contributed by atoms with Crippen LogP contribution >= 0.6 is 0 Å². The summed E-state index contributed by atoms with van der Waals surface area (Å²) in [6, 6.07) is 12.0. The molecule has 0 aromatic heterocycles. The van der Waals surface area contributed by atoms with Crippen LogP contribution in [0.4, 0.5) is 5.69 Å². The van der Waals surface area contributed by atoms with E-state index in [4.69, 9.17) is 19.9 Å². The normalized spacial score (nSPS) is 11.6. The van der Waals surface area contributed by atoms with Gasteiger partial charge in [-0.15, -0.1) is 0 Å². The fourth-order valence-electron chi connectivity index (χ4n) is 2.07. The van der Waals surface area contributed by atoms with Gasteiger partial charge in [-0.05, 0) is 37.3 Å². The number of methoxy groups -OCH3 is 2. The smallest absolute Gasteiger partial charge is 0.203 e. The van der Waals surface area contributed by atoms with Crippen molar-refractivity contribution in [2.24, 2.45) is 0 Å². The van der Waals surface area contributed by atoms with E-state index < -0.39 is 6.10 Å². The SMILES string of the molecule is COc1ccc(C(=O)C(C)Oc2cccc(N)c2)cc1OC. The van der Waals surface area contributed by atoms with E-state index in [1.54, 1.807) is 56.5 Å². The number of nitrogen functional groups attached to an aromatic ring is 1. The summed E-state index contributed by atoms with van der Waals surface area (Å²) in [6.45, 7) is 1.70. The van der Waals surface area contributed by atoms with E-state index in [9.17, 15) is 4.79 Å². The summed E-state index contributed by atoms with van der Waals surface area (Å²) in [5, 5.41) is 0. The van der Waals surface area contributed by atoms with Gasteiger partial charge in [-0.1, -0.05) is 6.07 Å². The Bertz CT molecular complexity index is 669. The second-order valence-corrected chi connectivity index (χ2v) is 4.77. The Balaban J connectivity index is 2.16. The van der Waals surface area contributed by atoms with Gasteiger partial charge < -0.3 is 19.9 Å². The second-order valence-electron chi connectivity index (χ2n) is 4.77. The molecule has 0 radical (unpaired) electrons. The van der Waals surface area contributed by atoms with Crippen LogP contribution in [0.1, 0.15) is 17.3 Å². The molecule has 0 aliphatic heterocycles. The fourth-order valence-corrected chi connectivity index (χ4v) is 2.07. The number of hydrogen-bond donors (Lipinski definition) is 1. The third kappa shape index (κ3) is 3.49. The third-order valence-electron chi connectivity index (χ3n) is 3.21. The van der Waals surface area contributed by atoms with Gasteiger partial charge in [-0.3, -0.25) is 4.79 Å². The molecule has 2 rings (SSSR count). The van der Waals surface area contributed by atoms with Gasteiger partial charge in [0, 0.05) is 17.3 Å². The summed E-state index contributed by atoms with van der Waals surface area (Å²) in [5.74, 6) is 1.48. The standard InChI is InChI=1S/C17H19NO4/c1-11(22-14-6-4-5-13(18)10-14)17(19)12-7-8-15(20-2)16(9-12)21-3/h4-11H,18H2,1-3H3. The number of anilines is 1. The minimum Gasteiger partial charge on any atom is -0.493 e. The van der Waals surface area contributed by atoms with Crippen molar-refractivity contribution in [3.8, 4) is 17.2 Å². The first kappa shape index (κ1) is 15.7. The van der Waals surface area contributed by atoms with Gasteiger partial charge in [-0.2, -0.15) is 0 Å². The van der Waals surface area contributed by atoms with E-state index in [1.807, 2.05) is 0 Å². The topological polar surface area (TPSA) is 70.8 Å². The predicted octanol–water partition coefficient (Wildman–Crippen LogP) is 2.94. The molecule has 116 valence electrons. The van der Waals surface area contributed by atoms with Crippen LogP contribution in [0.2, 0.25) is 0 Å². The fraction of sp³-hybridized carbons (Fsp3) is 0.235. The first-order valence-electron chi connectivity index (χ1n) is 6.83. The second kappa shape index (κ2) is 6.85. The quantitative estimate of drug-likeness (QED) is 0.656.